The molecule has 3 heteroatoms. The van der Waals surface area contributed by atoms with Gasteiger partial charge in [0, 0.05) is 12.1 Å². The molecule has 2 aliphatic rings. The molecule has 0 amide bonds. The smallest absolute Gasteiger partial charge is 0.119 e. The summed E-state index contributed by atoms with van der Waals surface area (Å²) >= 11 is 0. The van der Waals surface area contributed by atoms with Gasteiger partial charge in [-0.15, -0.1) is 0 Å². The third-order valence-electron chi connectivity index (χ3n) is 4.14. The molecule has 0 radical (unpaired) electrons. The molecule has 3 nitrogen and oxygen atoms in total. The molecule has 92 valence electrons. The van der Waals surface area contributed by atoms with Gasteiger partial charge in [-0.2, -0.15) is 0 Å². The van der Waals surface area contributed by atoms with E-state index in [0.29, 0.717) is 5.92 Å². The third kappa shape index (κ3) is 1.89. The number of hydrogen-bond donors (Lipinski definition) is 2. The highest BCUT2D eigenvalue weighted by Gasteiger charge is 2.35. The fourth-order valence-electron chi connectivity index (χ4n) is 2.87. The van der Waals surface area contributed by atoms with Crippen molar-refractivity contribution in [2.75, 3.05) is 12.4 Å². The standard InChI is InChI=1S/C14H19NO2/c1-17-11-5-6-12-10(7-11)8-13(16)14(15-12)9-3-2-4-9/h5-7,9,13-16H,2-4,8H2,1H3. The van der Waals surface area contributed by atoms with Gasteiger partial charge in [-0.1, -0.05) is 6.42 Å². The highest BCUT2D eigenvalue weighted by atomic mass is 16.5. The molecule has 0 aromatic heterocycles. The van der Waals surface area contributed by atoms with Crippen molar-refractivity contribution in [3.8, 4) is 5.75 Å². The van der Waals surface area contributed by atoms with Crippen LogP contribution in [0.4, 0.5) is 5.69 Å². The van der Waals surface area contributed by atoms with Crippen LogP contribution in [0.15, 0.2) is 18.2 Å². The van der Waals surface area contributed by atoms with E-state index in [9.17, 15) is 5.11 Å². The van der Waals surface area contributed by atoms with Crippen LogP contribution in [0.2, 0.25) is 0 Å². The number of anilines is 1. The molecular formula is C14H19NO2. The average molecular weight is 233 g/mol. The first kappa shape index (κ1) is 10.9. The number of benzene rings is 1. The summed E-state index contributed by atoms with van der Waals surface area (Å²) in [7, 11) is 1.67. The van der Waals surface area contributed by atoms with Crippen LogP contribution in [0.5, 0.6) is 5.75 Å². The number of methoxy groups -OCH3 is 1. The van der Waals surface area contributed by atoms with Crippen LogP contribution < -0.4 is 10.1 Å². The Kier molecular flexibility index (Phi) is 2.71. The minimum atomic E-state index is -0.264. The van der Waals surface area contributed by atoms with Crippen molar-refractivity contribution in [3.63, 3.8) is 0 Å². The van der Waals surface area contributed by atoms with E-state index in [1.165, 1.54) is 19.3 Å². The van der Waals surface area contributed by atoms with E-state index in [-0.39, 0.29) is 12.1 Å². The van der Waals surface area contributed by atoms with E-state index in [1.807, 2.05) is 12.1 Å². The lowest BCUT2D eigenvalue weighted by atomic mass is 9.75. The van der Waals surface area contributed by atoms with Gasteiger partial charge >= 0.3 is 0 Å². The van der Waals surface area contributed by atoms with E-state index in [0.717, 1.165) is 23.4 Å². The summed E-state index contributed by atoms with van der Waals surface area (Å²) in [6, 6.07) is 6.29. The summed E-state index contributed by atoms with van der Waals surface area (Å²) in [6.45, 7) is 0. The van der Waals surface area contributed by atoms with Crippen LogP contribution in [0, 0.1) is 5.92 Å². The Morgan fingerprint density at radius 3 is 2.82 bits per heavy atom. The Labute approximate surface area is 102 Å². The first-order valence-electron chi connectivity index (χ1n) is 6.39. The number of aliphatic hydroxyl groups is 1. The van der Waals surface area contributed by atoms with Crippen molar-refractivity contribution in [3.05, 3.63) is 23.8 Å². The van der Waals surface area contributed by atoms with Crippen molar-refractivity contribution in [1.82, 2.24) is 0 Å². The van der Waals surface area contributed by atoms with Crippen molar-refractivity contribution in [2.24, 2.45) is 5.92 Å². The van der Waals surface area contributed by atoms with Gasteiger partial charge in [-0.25, -0.2) is 0 Å². The van der Waals surface area contributed by atoms with Crippen molar-refractivity contribution < 1.29 is 9.84 Å². The van der Waals surface area contributed by atoms with Gasteiger partial charge in [0.05, 0.1) is 19.3 Å². The van der Waals surface area contributed by atoms with Gasteiger partial charge in [0.25, 0.3) is 0 Å². The van der Waals surface area contributed by atoms with Gasteiger partial charge in [-0.05, 0) is 42.5 Å². The summed E-state index contributed by atoms with van der Waals surface area (Å²) in [6.07, 6.45) is 4.28. The normalized spacial score (nSPS) is 27.9. The van der Waals surface area contributed by atoms with Gasteiger partial charge in [-0.3, -0.25) is 0 Å². The zero-order valence-electron chi connectivity index (χ0n) is 10.1. The first-order chi connectivity index (χ1) is 8.28. The van der Waals surface area contributed by atoms with Crippen LogP contribution in [-0.4, -0.2) is 24.4 Å². The molecule has 1 aromatic carbocycles. The zero-order chi connectivity index (χ0) is 11.8. The number of fused-ring (bicyclic) bond motifs is 1. The summed E-state index contributed by atoms with van der Waals surface area (Å²) in [5.41, 5.74) is 2.32. The van der Waals surface area contributed by atoms with Gasteiger partial charge in [0.2, 0.25) is 0 Å². The molecule has 17 heavy (non-hydrogen) atoms. The molecule has 0 bridgehead atoms. The van der Waals surface area contributed by atoms with Crippen LogP contribution in [0.3, 0.4) is 0 Å². The number of rotatable bonds is 2. The van der Waals surface area contributed by atoms with E-state index < -0.39 is 0 Å². The Hall–Kier alpha value is -1.22. The fraction of sp³-hybridized carbons (Fsp3) is 0.571. The van der Waals surface area contributed by atoms with Crippen molar-refractivity contribution >= 4 is 5.69 Å². The van der Waals surface area contributed by atoms with Crippen molar-refractivity contribution in [1.29, 1.82) is 0 Å². The maximum Gasteiger partial charge on any atom is 0.119 e. The summed E-state index contributed by atoms with van der Waals surface area (Å²) < 4.78 is 5.21. The molecule has 0 spiro atoms. The lowest BCUT2D eigenvalue weighted by molar-refractivity contribution is 0.0961. The number of aliphatic hydroxyl groups excluding tert-OH is 1. The average Bonchev–Trinajstić information content (AvgIpc) is 2.27. The second-order valence-corrected chi connectivity index (χ2v) is 5.16. The minimum absolute atomic E-state index is 0.240. The predicted octanol–water partition coefficient (Wildman–Crippen LogP) is 2.19. The third-order valence-corrected chi connectivity index (χ3v) is 4.14. The molecular weight excluding hydrogens is 214 g/mol. The van der Waals surface area contributed by atoms with Gasteiger partial charge < -0.3 is 15.2 Å². The van der Waals surface area contributed by atoms with E-state index in [1.54, 1.807) is 7.11 Å². The molecule has 1 heterocycles. The number of ether oxygens (including phenoxy) is 1. The van der Waals surface area contributed by atoms with E-state index in [4.69, 9.17) is 4.74 Å². The molecule has 1 aromatic rings. The topological polar surface area (TPSA) is 41.5 Å². The maximum atomic E-state index is 10.2. The van der Waals surface area contributed by atoms with Crippen LogP contribution in [-0.2, 0) is 6.42 Å². The van der Waals surface area contributed by atoms with Crippen molar-refractivity contribution in [2.45, 2.75) is 37.8 Å². The second-order valence-electron chi connectivity index (χ2n) is 5.16. The first-order valence-corrected chi connectivity index (χ1v) is 6.39. The lowest BCUT2D eigenvalue weighted by Crippen LogP contribution is -2.46. The molecule has 1 aliphatic heterocycles. The Balaban J connectivity index is 1.84. The van der Waals surface area contributed by atoms with Crippen LogP contribution in [0.1, 0.15) is 24.8 Å². The van der Waals surface area contributed by atoms with Crippen LogP contribution in [0.25, 0.3) is 0 Å². The number of hydrogen-bond acceptors (Lipinski definition) is 3. The monoisotopic (exact) mass is 233 g/mol. The fourth-order valence-corrected chi connectivity index (χ4v) is 2.87. The predicted molar refractivity (Wildman–Crippen MR) is 67.5 cm³/mol. The van der Waals surface area contributed by atoms with Gasteiger partial charge in [0.1, 0.15) is 5.75 Å². The molecule has 2 atom stereocenters. The summed E-state index contributed by atoms with van der Waals surface area (Å²) in [5.74, 6) is 1.51. The second kappa shape index (κ2) is 4.22. The zero-order valence-corrected chi connectivity index (χ0v) is 10.1. The molecule has 1 fully saturated rings. The minimum Gasteiger partial charge on any atom is -0.497 e. The molecule has 1 saturated carbocycles. The van der Waals surface area contributed by atoms with E-state index in [2.05, 4.69) is 11.4 Å². The Bertz CT molecular complexity index is 415. The largest absolute Gasteiger partial charge is 0.497 e. The lowest BCUT2D eigenvalue weighted by Gasteiger charge is -2.41. The highest BCUT2D eigenvalue weighted by Crippen LogP contribution is 2.37. The van der Waals surface area contributed by atoms with Crippen LogP contribution >= 0.6 is 0 Å². The molecule has 1 aliphatic carbocycles. The number of nitrogens with one attached hydrogen (secondary N) is 1. The summed E-state index contributed by atoms with van der Waals surface area (Å²) in [5, 5.41) is 13.7. The van der Waals surface area contributed by atoms with E-state index >= 15 is 0 Å². The Morgan fingerprint density at radius 2 is 2.18 bits per heavy atom. The highest BCUT2D eigenvalue weighted by molar-refractivity contribution is 5.57. The molecule has 0 saturated heterocycles. The maximum absolute atomic E-state index is 10.2. The van der Waals surface area contributed by atoms with Gasteiger partial charge in [0.15, 0.2) is 0 Å². The Morgan fingerprint density at radius 1 is 1.35 bits per heavy atom. The molecule has 2 N–H and O–H groups in total. The quantitative estimate of drug-likeness (QED) is 0.822. The summed E-state index contributed by atoms with van der Waals surface area (Å²) in [4.78, 5) is 0. The molecule has 2 unspecified atom stereocenters. The molecule has 3 rings (SSSR count). The SMILES string of the molecule is COc1ccc2c(c1)CC(O)C(C1CCC1)N2.